The number of imidazole rings is 1. The molecule has 2 aromatic heterocycles. The number of nitrogens with one attached hydrogen (secondary N) is 1. The van der Waals surface area contributed by atoms with Gasteiger partial charge in [-0.3, -0.25) is 4.57 Å². The molecule has 0 aliphatic rings. The van der Waals surface area contributed by atoms with Crippen molar-refractivity contribution in [2.24, 2.45) is 0 Å². The first kappa shape index (κ1) is 11.3. The number of nitrogens with zero attached hydrogens (tertiary/aromatic N) is 3. The smallest absolute Gasteiger partial charge is 0.142 e. The monoisotopic (exact) mass is 280 g/mol. The Hall–Kier alpha value is -1.20. The number of rotatable bonds is 4. The zero-order valence-electron chi connectivity index (χ0n) is 9.02. The summed E-state index contributed by atoms with van der Waals surface area (Å²) in [5, 5.41) is 3.30. The molecule has 0 radical (unpaired) electrons. The van der Waals surface area contributed by atoms with Crippen LogP contribution in [-0.2, 0) is 6.54 Å². The average Bonchev–Trinajstić information content (AvgIpc) is 2.80. The van der Waals surface area contributed by atoms with Crippen LogP contribution in [0.3, 0.4) is 0 Å². The Morgan fingerprint density at radius 3 is 3.06 bits per heavy atom. The summed E-state index contributed by atoms with van der Waals surface area (Å²) in [4.78, 5) is 8.44. The highest BCUT2D eigenvalue weighted by Gasteiger charge is 2.06. The highest BCUT2D eigenvalue weighted by atomic mass is 79.9. The summed E-state index contributed by atoms with van der Waals surface area (Å²) in [6.07, 6.45) is 7.20. The van der Waals surface area contributed by atoms with Gasteiger partial charge in [0.25, 0.3) is 0 Å². The first-order chi connectivity index (χ1) is 7.81. The van der Waals surface area contributed by atoms with E-state index in [0.29, 0.717) is 0 Å². The highest BCUT2D eigenvalue weighted by Crippen LogP contribution is 2.17. The molecule has 0 saturated heterocycles. The number of aromatic nitrogens is 3. The summed E-state index contributed by atoms with van der Waals surface area (Å²) < 4.78 is 2.91. The van der Waals surface area contributed by atoms with Gasteiger partial charge in [-0.25, -0.2) is 9.97 Å². The Labute approximate surface area is 103 Å². The minimum Gasteiger partial charge on any atom is -0.313 e. The van der Waals surface area contributed by atoms with E-state index in [1.807, 2.05) is 10.8 Å². The first-order valence-electron chi connectivity index (χ1n) is 5.14. The molecule has 4 nitrogen and oxygen atoms in total. The molecule has 2 aromatic rings. The maximum absolute atomic E-state index is 4.41. The van der Waals surface area contributed by atoms with Crippen LogP contribution < -0.4 is 5.32 Å². The fraction of sp³-hybridized carbons (Fsp3) is 0.273. The maximum Gasteiger partial charge on any atom is 0.142 e. The normalized spacial score (nSPS) is 10.6. The standard InChI is InChI=1S/C11H13BrN4/c1-2-13-6-9-5-10(12)7-15-11(9)16-4-3-14-8-16/h3-5,7-8,13H,2,6H2,1H3. The molecule has 0 atom stereocenters. The summed E-state index contributed by atoms with van der Waals surface area (Å²) in [5.41, 5.74) is 1.15. The molecule has 2 rings (SSSR count). The van der Waals surface area contributed by atoms with E-state index in [2.05, 4.69) is 44.2 Å². The van der Waals surface area contributed by atoms with E-state index >= 15 is 0 Å². The molecule has 0 unspecified atom stereocenters. The van der Waals surface area contributed by atoms with E-state index in [1.54, 1.807) is 18.7 Å². The van der Waals surface area contributed by atoms with Crippen LogP contribution >= 0.6 is 15.9 Å². The Morgan fingerprint density at radius 1 is 1.50 bits per heavy atom. The van der Waals surface area contributed by atoms with Crippen LogP contribution in [0.5, 0.6) is 0 Å². The van der Waals surface area contributed by atoms with Crippen molar-refractivity contribution in [3.63, 3.8) is 0 Å². The predicted molar refractivity (Wildman–Crippen MR) is 66.4 cm³/mol. The topological polar surface area (TPSA) is 42.7 Å². The molecule has 84 valence electrons. The van der Waals surface area contributed by atoms with Gasteiger partial charge in [0.2, 0.25) is 0 Å². The SMILES string of the molecule is CCNCc1cc(Br)cnc1-n1ccnc1. The Balaban J connectivity index is 2.36. The Bertz CT molecular complexity index is 453. The lowest BCUT2D eigenvalue weighted by atomic mass is 10.2. The van der Waals surface area contributed by atoms with Gasteiger partial charge in [0, 0.05) is 35.2 Å². The van der Waals surface area contributed by atoms with Crippen molar-refractivity contribution < 1.29 is 0 Å². The summed E-state index contributed by atoms with van der Waals surface area (Å²) in [6.45, 7) is 3.83. The molecule has 0 aliphatic heterocycles. The van der Waals surface area contributed by atoms with E-state index in [4.69, 9.17) is 0 Å². The molecule has 0 aromatic carbocycles. The second-order valence-corrected chi connectivity index (χ2v) is 4.30. The average molecular weight is 281 g/mol. The number of hydrogen-bond acceptors (Lipinski definition) is 3. The van der Waals surface area contributed by atoms with E-state index in [1.165, 1.54) is 0 Å². The zero-order valence-corrected chi connectivity index (χ0v) is 10.6. The third kappa shape index (κ3) is 2.48. The minimum atomic E-state index is 0.802. The van der Waals surface area contributed by atoms with Crippen molar-refractivity contribution in [2.45, 2.75) is 13.5 Å². The van der Waals surface area contributed by atoms with Gasteiger partial charge in [-0.2, -0.15) is 0 Å². The summed E-state index contributed by atoms with van der Waals surface area (Å²) in [6, 6.07) is 2.07. The third-order valence-electron chi connectivity index (χ3n) is 2.22. The van der Waals surface area contributed by atoms with E-state index in [0.717, 1.165) is 28.9 Å². The third-order valence-corrected chi connectivity index (χ3v) is 2.66. The molecule has 0 fully saturated rings. The fourth-order valence-electron chi connectivity index (χ4n) is 1.48. The summed E-state index contributed by atoms with van der Waals surface area (Å²) in [5.74, 6) is 0.918. The van der Waals surface area contributed by atoms with Gasteiger partial charge in [0.05, 0.1) is 0 Å². The quantitative estimate of drug-likeness (QED) is 0.933. The van der Waals surface area contributed by atoms with Gasteiger partial charge in [-0.05, 0) is 28.5 Å². The molecule has 2 heterocycles. The van der Waals surface area contributed by atoms with Gasteiger partial charge < -0.3 is 5.32 Å². The van der Waals surface area contributed by atoms with Gasteiger partial charge >= 0.3 is 0 Å². The zero-order chi connectivity index (χ0) is 11.4. The van der Waals surface area contributed by atoms with E-state index in [9.17, 15) is 0 Å². The predicted octanol–water partition coefficient (Wildman–Crippen LogP) is 2.14. The molecular formula is C11H13BrN4. The molecule has 16 heavy (non-hydrogen) atoms. The van der Waals surface area contributed by atoms with Crippen molar-refractivity contribution in [2.75, 3.05) is 6.54 Å². The lowest BCUT2D eigenvalue weighted by molar-refractivity contribution is 0.717. The molecule has 0 bridgehead atoms. The van der Waals surface area contributed by atoms with Crippen LogP contribution in [0, 0.1) is 0 Å². The molecule has 1 N–H and O–H groups in total. The van der Waals surface area contributed by atoms with Crippen molar-refractivity contribution >= 4 is 15.9 Å². The molecule has 0 aliphatic carbocycles. The lowest BCUT2D eigenvalue weighted by Crippen LogP contribution is -2.14. The largest absolute Gasteiger partial charge is 0.313 e. The second kappa shape index (κ2) is 5.23. The Morgan fingerprint density at radius 2 is 2.38 bits per heavy atom. The van der Waals surface area contributed by atoms with Crippen molar-refractivity contribution in [3.05, 3.63) is 41.0 Å². The van der Waals surface area contributed by atoms with Crippen LogP contribution in [0.15, 0.2) is 35.5 Å². The minimum absolute atomic E-state index is 0.802. The fourth-order valence-corrected chi connectivity index (χ4v) is 1.86. The molecule has 0 amide bonds. The number of pyridine rings is 1. The highest BCUT2D eigenvalue weighted by molar-refractivity contribution is 9.10. The second-order valence-electron chi connectivity index (χ2n) is 3.39. The Kier molecular flexibility index (Phi) is 3.69. The van der Waals surface area contributed by atoms with Crippen LogP contribution in [0.4, 0.5) is 0 Å². The van der Waals surface area contributed by atoms with Crippen LogP contribution in [0.1, 0.15) is 12.5 Å². The molecule has 0 saturated carbocycles. The van der Waals surface area contributed by atoms with Crippen LogP contribution in [-0.4, -0.2) is 21.1 Å². The van der Waals surface area contributed by atoms with Gasteiger partial charge in [0.1, 0.15) is 12.1 Å². The van der Waals surface area contributed by atoms with E-state index < -0.39 is 0 Å². The van der Waals surface area contributed by atoms with Crippen LogP contribution in [0.2, 0.25) is 0 Å². The molecule has 5 heteroatoms. The molecule has 0 spiro atoms. The molecular weight excluding hydrogens is 268 g/mol. The van der Waals surface area contributed by atoms with E-state index in [-0.39, 0.29) is 0 Å². The first-order valence-corrected chi connectivity index (χ1v) is 5.94. The number of halogens is 1. The summed E-state index contributed by atoms with van der Waals surface area (Å²) in [7, 11) is 0. The van der Waals surface area contributed by atoms with Gasteiger partial charge in [-0.1, -0.05) is 6.92 Å². The summed E-state index contributed by atoms with van der Waals surface area (Å²) >= 11 is 3.44. The number of hydrogen-bond donors (Lipinski definition) is 1. The van der Waals surface area contributed by atoms with Crippen LogP contribution in [0.25, 0.3) is 5.82 Å². The lowest BCUT2D eigenvalue weighted by Gasteiger charge is -2.09. The maximum atomic E-state index is 4.41. The van der Waals surface area contributed by atoms with Gasteiger partial charge in [0.15, 0.2) is 0 Å². The van der Waals surface area contributed by atoms with Crippen molar-refractivity contribution in [1.29, 1.82) is 0 Å². The van der Waals surface area contributed by atoms with Crippen molar-refractivity contribution in [1.82, 2.24) is 19.9 Å². The van der Waals surface area contributed by atoms with Gasteiger partial charge in [-0.15, -0.1) is 0 Å². The van der Waals surface area contributed by atoms with Crippen molar-refractivity contribution in [3.8, 4) is 5.82 Å².